The molecule has 0 atom stereocenters. The summed E-state index contributed by atoms with van der Waals surface area (Å²) in [6, 6.07) is 6.06. The smallest absolute Gasteiger partial charge is 0.295 e. The Kier molecular flexibility index (Phi) is 4.85. The highest BCUT2D eigenvalue weighted by Gasteiger charge is 2.17. The second kappa shape index (κ2) is 6.62. The van der Waals surface area contributed by atoms with E-state index < -0.39 is 10.7 Å². The maximum absolute atomic E-state index is 13.4. The molecule has 0 unspecified atom stereocenters. The van der Waals surface area contributed by atoms with Gasteiger partial charge in [-0.1, -0.05) is 13.0 Å². The van der Waals surface area contributed by atoms with E-state index in [0.29, 0.717) is 6.54 Å². The summed E-state index contributed by atoms with van der Waals surface area (Å²) in [4.78, 5) is 14.6. The molecule has 0 bridgehead atoms. The Bertz CT molecular complexity index is 679. The van der Waals surface area contributed by atoms with Gasteiger partial charge < -0.3 is 5.32 Å². The van der Waals surface area contributed by atoms with Crippen LogP contribution < -0.4 is 5.32 Å². The van der Waals surface area contributed by atoms with Crippen molar-refractivity contribution in [3.63, 3.8) is 0 Å². The maximum Gasteiger partial charge on any atom is 0.295 e. The second-order valence-electron chi connectivity index (χ2n) is 4.36. The molecular weight excluding hydrogens is 341 g/mol. The molecule has 110 valence electrons. The normalized spacial score (nSPS) is 10.4. The van der Waals surface area contributed by atoms with Gasteiger partial charge in [-0.2, -0.15) is 0 Å². The van der Waals surface area contributed by atoms with Crippen molar-refractivity contribution in [2.45, 2.75) is 19.9 Å². The number of pyridine rings is 1. The van der Waals surface area contributed by atoms with E-state index in [4.69, 9.17) is 0 Å². The van der Waals surface area contributed by atoms with Gasteiger partial charge in [0, 0.05) is 6.20 Å². The van der Waals surface area contributed by atoms with Gasteiger partial charge in [0.1, 0.15) is 11.5 Å². The summed E-state index contributed by atoms with van der Waals surface area (Å²) in [5.74, 6) is -0.667. The molecule has 5 nitrogen and oxygen atoms in total. The minimum atomic E-state index is -0.667. The molecule has 0 aliphatic carbocycles. The molecule has 0 spiro atoms. The lowest BCUT2D eigenvalue weighted by Crippen LogP contribution is -2.07. The van der Waals surface area contributed by atoms with Gasteiger partial charge >= 0.3 is 0 Å². The lowest BCUT2D eigenvalue weighted by atomic mass is 10.1. The number of anilines is 1. The highest BCUT2D eigenvalue weighted by atomic mass is 79.9. The van der Waals surface area contributed by atoms with Gasteiger partial charge in [0.2, 0.25) is 0 Å². The number of aromatic nitrogens is 1. The van der Waals surface area contributed by atoms with Gasteiger partial charge in [-0.25, -0.2) is 4.39 Å². The van der Waals surface area contributed by atoms with Crippen molar-refractivity contribution in [1.82, 2.24) is 4.98 Å². The highest BCUT2D eigenvalue weighted by molar-refractivity contribution is 9.10. The van der Waals surface area contributed by atoms with Crippen molar-refractivity contribution in [3.05, 3.63) is 62.1 Å². The Labute approximate surface area is 129 Å². The Morgan fingerprint density at radius 3 is 2.90 bits per heavy atom. The van der Waals surface area contributed by atoms with Gasteiger partial charge in [-0.3, -0.25) is 15.1 Å². The summed E-state index contributed by atoms with van der Waals surface area (Å²) in [7, 11) is 0. The van der Waals surface area contributed by atoms with Crippen molar-refractivity contribution in [3.8, 4) is 0 Å². The van der Waals surface area contributed by atoms with Crippen molar-refractivity contribution in [2.24, 2.45) is 0 Å². The number of nitrogens with zero attached hydrogens (tertiary/aromatic N) is 2. The number of aryl methyl sites for hydroxylation is 1. The quantitative estimate of drug-likeness (QED) is 0.649. The highest BCUT2D eigenvalue weighted by Crippen LogP contribution is 2.30. The Morgan fingerprint density at radius 2 is 2.24 bits per heavy atom. The van der Waals surface area contributed by atoms with E-state index in [1.807, 2.05) is 19.1 Å². The van der Waals surface area contributed by atoms with Gasteiger partial charge in [0.25, 0.3) is 5.69 Å². The summed E-state index contributed by atoms with van der Waals surface area (Å²) in [5.41, 5.74) is 1.83. The average molecular weight is 354 g/mol. The fourth-order valence-electron chi connectivity index (χ4n) is 1.96. The van der Waals surface area contributed by atoms with Crippen LogP contribution in [0.3, 0.4) is 0 Å². The lowest BCUT2D eigenvalue weighted by molar-refractivity contribution is -0.384. The minimum Gasteiger partial charge on any atom is -0.374 e. The summed E-state index contributed by atoms with van der Waals surface area (Å²) < 4.78 is 13.6. The van der Waals surface area contributed by atoms with Gasteiger partial charge in [-0.05, 0) is 40.0 Å². The predicted octanol–water partition coefficient (Wildman–Crippen LogP) is 4.07. The van der Waals surface area contributed by atoms with E-state index in [2.05, 4.69) is 26.2 Å². The zero-order valence-corrected chi connectivity index (χ0v) is 12.9. The molecule has 0 amide bonds. The summed E-state index contributed by atoms with van der Waals surface area (Å²) in [6.45, 7) is 2.35. The minimum absolute atomic E-state index is 0.173. The van der Waals surface area contributed by atoms with Gasteiger partial charge in [-0.15, -0.1) is 0 Å². The standard InChI is InChI=1S/C14H13BrFN3O2/c1-2-9-4-3-5-17-13(9)8-18-12-6-10(15)11(16)7-14(12)19(20)21/h3-7,18H,2,8H2,1H3. The van der Waals surface area contributed by atoms with E-state index in [-0.39, 0.29) is 15.8 Å². The van der Waals surface area contributed by atoms with E-state index in [1.54, 1.807) is 6.20 Å². The average Bonchev–Trinajstić information content (AvgIpc) is 2.48. The molecule has 2 rings (SSSR count). The van der Waals surface area contributed by atoms with E-state index in [0.717, 1.165) is 23.7 Å². The molecule has 0 fully saturated rings. The fourth-order valence-corrected chi connectivity index (χ4v) is 2.30. The van der Waals surface area contributed by atoms with Crippen LogP contribution in [0.2, 0.25) is 0 Å². The van der Waals surface area contributed by atoms with E-state index >= 15 is 0 Å². The van der Waals surface area contributed by atoms with Crippen molar-refractivity contribution in [2.75, 3.05) is 5.32 Å². The third-order valence-electron chi connectivity index (χ3n) is 3.05. The number of nitro benzene ring substituents is 1. The van der Waals surface area contributed by atoms with E-state index in [1.165, 1.54) is 6.07 Å². The number of hydrogen-bond acceptors (Lipinski definition) is 4. The number of hydrogen-bond donors (Lipinski definition) is 1. The molecule has 1 aromatic carbocycles. The summed E-state index contributed by atoms with van der Waals surface area (Å²) in [6.07, 6.45) is 2.49. The van der Waals surface area contributed by atoms with Crippen LogP contribution in [0.1, 0.15) is 18.2 Å². The number of halogens is 2. The first-order valence-electron chi connectivity index (χ1n) is 6.33. The third kappa shape index (κ3) is 3.55. The fraction of sp³-hybridized carbons (Fsp3) is 0.214. The molecule has 0 aliphatic rings. The Balaban J connectivity index is 2.27. The molecule has 0 saturated heterocycles. The summed E-state index contributed by atoms with van der Waals surface area (Å²) >= 11 is 3.03. The Morgan fingerprint density at radius 1 is 1.48 bits per heavy atom. The lowest BCUT2D eigenvalue weighted by Gasteiger charge is -2.10. The first-order valence-corrected chi connectivity index (χ1v) is 7.12. The van der Waals surface area contributed by atoms with Crippen LogP contribution in [0.25, 0.3) is 0 Å². The van der Waals surface area contributed by atoms with Crippen molar-refractivity contribution >= 4 is 27.3 Å². The molecule has 0 radical (unpaired) electrons. The molecule has 1 aromatic heterocycles. The summed E-state index contributed by atoms with van der Waals surface area (Å²) in [5, 5.41) is 13.9. The zero-order valence-electron chi connectivity index (χ0n) is 11.3. The van der Waals surface area contributed by atoms with Crippen molar-refractivity contribution < 1.29 is 9.31 Å². The van der Waals surface area contributed by atoms with Crippen LogP contribution in [0.4, 0.5) is 15.8 Å². The maximum atomic E-state index is 13.4. The number of rotatable bonds is 5. The van der Waals surface area contributed by atoms with Gasteiger partial charge in [0.05, 0.1) is 27.7 Å². The van der Waals surface area contributed by atoms with Crippen molar-refractivity contribution in [1.29, 1.82) is 0 Å². The molecule has 0 aliphatic heterocycles. The van der Waals surface area contributed by atoms with Crippen LogP contribution >= 0.6 is 15.9 Å². The molecule has 1 heterocycles. The number of nitrogens with one attached hydrogen (secondary N) is 1. The zero-order chi connectivity index (χ0) is 15.4. The van der Waals surface area contributed by atoms with Crippen LogP contribution in [-0.2, 0) is 13.0 Å². The molecule has 2 aromatic rings. The van der Waals surface area contributed by atoms with Crippen LogP contribution in [0.5, 0.6) is 0 Å². The van der Waals surface area contributed by atoms with Gasteiger partial charge in [0.15, 0.2) is 0 Å². The molecule has 1 N–H and O–H groups in total. The molecule has 0 saturated carbocycles. The van der Waals surface area contributed by atoms with Crippen LogP contribution in [0, 0.1) is 15.9 Å². The van der Waals surface area contributed by atoms with Crippen LogP contribution in [0.15, 0.2) is 34.9 Å². The first-order chi connectivity index (χ1) is 10.0. The number of nitro groups is 1. The molecule has 21 heavy (non-hydrogen) atoms. The molecule has 7 heteroatoms. The topological polar surface area (TPSA) is 68.1 Å². The third-order valence-corrected chi connectivity index (χ3v) is 3.65. The second-order valence-corrected chi connectivity index (χ2v) is 5.21. The largest absolute Gasteiger partial charge is 0.374 e. The monoisotopic (exact) mass is 353 g/mol. The van der Waals surface area contributed by atoms with Crippen LogP contribution in [-0.4, -0.2) is 9.91 Å². The molecular formula is C14H13BrFN3O2. The number of benzene rings is 1. The van der Waals surface area contributed by atoms with E-state index in [9.17, 15) is 14.5 Å². The SMILES string of the molecule is CCc1cccnc1CNc1cc(Br)c(F)cc1[N+](=O)[O-]. The first kappa shape index (κ1) is 15.4. The Hall–Kier alpha value is -2.02. The predicted molar refractivity (Wildman–Crippen MR) is 81.7 cm³/mol.